The van der Waals surface area contributed by atoms with Crippen LogP contribution in [0.1, 0.15) is 39.0 Å². The molecule has 0 saturated carbocycles. The minimum Gasteiger partial charge on any atom is -0.300 e. The van der Waals surface area contributed by atoms with E-state index < -0.39 is 0 Å². The summed E-state index contributed by atoms with van der Waals surface area (Å²) in [5.41, 5.74) is 0. The van der Waals surface area contributed by atoms with E-state index in [0.29, 0.717) is 0 Å². The summed E-state index contributed by atoms with van der Waals surface area (Å²) in [6.45, 7) is 5.20. The Hall–Kier alpha value is -0.0400. The summed E-state index contributed by atoms with van der Waals surface area (Å²) in [7, 11) is 0. The Bertz CT molecular complexity index is 131. The third-order valence-corrected chi connectivity index (χ3v) is 3.43. The topological polar surface area (TPSA) is 3.24 Å². The SMILES string of the molecule is CC1CCCN2CCCC[C@@H]12. The van der Waals surface area contributed by atoms with Gasteiger partial charge in [0.1, 0.15) is 0 Å². The second kappa shape index (κ2) is 3.14. The van der Waals surface area contributed by atoms with E-state index in [4.69, 9.17) is 0 Å². The van der Waals surface area contributed by atoms with Gasteiger partial charge in [0.25, 0.3) is 0 Å². The van der Waals surface area contributed by atoms with Crippen molar-refractivity contribution in [2.75, 3.05) is 13.1 Å². The summed E-state index contributed by atoms with van der Waals surface area (Å²) in [5, 5.41) is 0. The van der Waals surface area contributed by atoms with Gasteiger partial charge in [-0.1, -0.05) is 13.3 Å². The van der Waals surface area contributed by atoms with E-state index in [1.165, 1.54) is 45.2 Å². The normalized spacial score (nSPS) is 40.1. The zero-order chi connectivity index (χ0) is 7.68. The van der Waals surface area contributed by atoms with Gasteiger partial charge in [0, 0.05) is 6.04 Å². The van der Waals surface area contributed by atoms with Crippen molar-refractivity contribution in [3.8, 4) is 0 Å². The molecule has 2 aliphatic rings. The van der Waals surface area contributed by atoms with Gasteiger partial charge >= 0.3 is 0 Å². The fourth-order valence-electron chi connectivity index (χ4n) is 2.75. The summed E-state index contributed by atoms with van der Waals surface area (Å²) < 4.78 is 0. The molecule has 0 aromatic heterocycles. The van der Waals surface area contributed by atoms with Gasteiger partial charge in [-0.25, -0.2) is 0 Å². The molecule has 1 unspecified atom stereocenters. The summed E-state index contributed by atoms with van der Waals surface area (Å²) in [5.74, 6) is 0.976. The van der Waals surface area contributed by atoms with Crippen LogP contribution in [0.25, 0.3) is 0 Å². The summed E-state index contributed by atoms with van der Waals surface area (Å²) in [6, 6.07) is 0.956. The monoisotopic (exact) mass is 153 g/mol. The van der Waals surface area contributed by atoms with Crippen molar-refractivity contribution in [1.29, 1.82) is 0 Å². The number of hydrogen-bond donors (Lipinski definition) is 0. The lowest BCUT2D eigenvalue weighted by Gasteiger charge is -2.43. The molecule has 0 aromatic carbocycles. The highest BCUT2D eigenvalue weighted by atomic mass is 15.2. The molecule has 2 heterocycles. The van der Waals surface area contributed by atoms with Gasteiger partial charge in [0.05, 0.1) is 0 Å². The first-order chi connectivity index (χ1) is 5.38. The van der Waals surface area contributed by atoms with Crippen LogP contribution < -0.4 is 0 Å². The molecule has 0 aromatic rings. The van der Waals surface area contributed by atoms with Crippen LogP contribution in [-0.2, 0) is 0 Å². The molecule has 2 rings (SSSR count). The summed E-state index contributed by atoms with van der Waals surface area (Å²) >= 11 is 0. The number of fused-ring (bicyclic) bond motifs is 1. The van der Waals surface area contributed by atoms with E-state index in [9.17, 15) is 0 Å². The van der Waals surface area contributed by atoms with Crippen molar-refractivity contribution in [3.63, 3.8) is 0 Å². The maximum absolute atomic E-state index is 2.72. The molecule has 1 heteroatoms. The van der Waals surface area contributed by atoms with Crippen LogP contribution in [0.3, 0.4) is 0 Å². The van der Waals surface area contributed by atoms with Gasteiger partial charge in [-0.05, 0) is 44.7 Å². The Morgan fingerprint density at radius 3 is 2.64 bits per heavy atom. The summed E-state index contributed by atoms with van der Waals surface area (Å²) in [4.78, 5) is 2.72. The van der Waals surface area contributed by atoms with Crippen molar-refractivity contribution in [2.45, 2.75) is 45.1 Å². The molecular weight excluding hydrogens is 134 g/mol. The molecule has 0 bridgehead atoms. The molecule has 1 nitrogen and oxygen atoms in total. The standard InChI is InChI=1S/C10H19N/c1-9-5-4-8-11-7-3-2-6-10(9)11/h9-10H,2-8H2,1H3/t9?,10-/m0/s1. The molecule has 0 amide bonds. The minimum absolute atomic E-state index is 0.956. The van der Waals surface area contributed by atoms with Crippen molar-refractivity contribution in [3.05, 3.63) is 0 Å². The van der Waals surface area contributed by atoms with Gasteiger partial charge in [-0.2, -0.15) is 0 Å². The number of hydrogen-bond acceptors (Lipinski definition) is 1. The smallest absolute Gasteiger partial charge is 0.0121 e. The molecular formula is C10H19N. The average molecular weight is 153 g/mol. The molecule has 2 aliphatic heterocycles. The van der Waals surface area contributed by atoms with E-state index >= 15 is 0 Å². The lowest BCUT2D eigenvalue weighted by molar-refractivity contribution is 0.0674. The third kappa shape index (κ3) is 1.44. The molecule has 64 valence electrons. The van der Waals surface area contributed by atoms with Gasteiger partial charge in [0.15, 0.2) is 0 Å². The first kappa shape index (κ1) is 7.60. The molecule has 0 N–H and O–H groups in total. The number of piperidine rings is 2. The number of rotatable bonds is 0. The van der Waals surface area contributed by atoms with Crippen LogP contribution in [0.5, 0.6) is 0 Å². The van der Waals surface area contributed by atoms with E-state index in [0.717, 1.165) is 12.0 Å². The highest BCUT2D eigenvalue weighted by Gasteiger charge is 2.29. The van der Waals surface area contributed by atoms with E-state index in [1.54, 1.807) is 0 Å². The van der Waals surface area contributed by atoms with Crippen molar-refractivity contribution in [2.24, 2.45) is 5.92 Å². The molecule has 0 spiro atoms. The zero-order valence-electron chi connectivity index (χ0n) is 7.55. The van der Waals surface area contributed by atoms with Crippen LogP contribution in [0.2, 0.25) is 0 Å². The van der Waals surface area contributed by atoms with Gasteiger partial charge < -0.3 is 4.90 Å². The van der Waals surface area contributed by atoms with Crippen LogP contribution in [0.15, 0.2) is 0 Å². The van der Waals surface area contributed by atoms with Crippen LogP contribution in [0.4, 0.5) is 0 Å². The molecule has 2 atom stereocenters. The predicted molar refractivity (Wildman–Crippen MR) is 47.6 cm³/mol. The van der Waals surface area contributed by atoms with E-state index in [2.05, 4.69) is 11.8 Å². The molecule has 2 saturated heterocycles. The van der Waals surface area contributed by atoms with Crippen LogP contribution in [-0.4, -0.2) is 24.0 Å². The minimum atomic E-state index is 0.956. The second-order valence-electron chi connectivity index (χ2n) is 4.22. The maximum Gasteiger partial charge on any atom is 0.0121 e. The van der Waals surface area contributed by atoms with Crippen LogP contribution in [0, 0.1) is 5.92 Å². The average Bonchev–Trinajstić information content (AvgIpc) is 2.06. The quantitative estimate of drug-likeness (QED) is 0.516. The van der Waals surface area contributed by atoms with E-state index in [1.807, 2.05) is 0 Å². The van der Waals surface area contributed by atoms with Gasteiger partial charge in [-0.15, -0.1) is 0 Å². The Morgan fingerprint density at radius 2 is 1.82 bits per heavy atom. The third-order valence-electron chi connectivity index (χ3n) is 3.43. The lowest BCUT2D eigenvalue weighted by atomic mass is 9.85. The van der Waals surface area contributed by atoms with Crippen molar-refractivity contribution < 1.29 is 0 Å². The number of nitrogens with zero attached hydrogens (tertiary/aromatic N) is 1. The van der Waals surface area contributed by atoms with Crippen molar-refractivity contribution in [1.82, 2.24) is 4.90 Å². The van der Waals surface area contributed by atoms with E-state index in [-0.39, 0.29) is 0 Å². The largest absolute Gasteiger partial charge is 0.300 e. The van der Waals surface area contributed by atoms with Gasteiger partial charge in [-0.3, -0.25) is 0 Å². The maximum atomic E-state index is 2.72. The Kier molecular flexibility index (Phi) is 2.17. The predicted octanol–water partition coefficient (Wildman–Crippen LogP) is 2.27. The fourth-order valence-corrected chi connectivity index (χ4v) is 2.75. The zero-order valence-corrected chi connectivity index (χ0v) is 7.55. The van der Waals surface area contributed by atoms with Crippen LogP contribution >= 0.6 is 0 Å². The van der Waals surface area contributed by atoms with Crippen molar-refractivity contribution >= 4 is 0 Å². The fraction of sp³-hybridized carbons (Fsp3) is 1.00. The molecule has 0 radical (unpaired) electrons. The first-order valence-corrected chi connectivity index (χ1v) is 5.12. The molecule has 2 fully saturated rings. The highest BCUT2D eigenvalue weighted by Crippen LogP contribution is 2.29. The first-order valence-electron chi connectivity index (χ1n) is 5.12. The summed E-state index contributed by atoms with van der Waals surface area (Å²) in [6.07, 6.45) is 7.31. The Labute approximate surface area is 69.8 Å². The Morgan fingerprint density at radius 1 is 1.00 bits per heavy atom. The molecule has 11 heavy (non-hydrogen) atoms. The molecule has 0 aliphatic carbocycles. The van der Waals surface area contributed by atoms with Gasteiger partial charge in [0.2, 0.25) is 0 Å². The highest BCUT2D eigenvalue weighted by molar-refractivity contribution is 4.84. The Balaban J connectivity index is 1.99. The lowest BCUT2D eigenvalue weighted by Crippen LogP contribution is -2.46. The second-order valence-corrected chi connectivity index (χ2v) is 4.22.